The summed E-state index contributed by atoms with van der Waals surface area (Å²) in [5.41, 5.74) is 11.9. The molecular weight excluding hydrogens is 412 g/mol. The Labute approximate surface area is 194 Å². The van der Waals surface area contributed by atoms with Crippen LogP contribution in [0.3, 0.4) is 0 Å². The largest absolute Gasteiger partial charge is 0.399 e. The van der Waals surface area contributed by atoms with E-state index in [0.29, 0.717) is 28.4 Å². The van der Waals surface area contributed by atoms with Gasteiger partial charge < -0.3 is 15.6 Å². The van der Waals surface area contributed by atoms with Crippen LogP contribution in [0.2, 0.25) is 0 Å². The minimum atomic E-state index is -0.420. The molecule has 0 amide bonds. The summed E-state index contributed by atoms with van der Waals surface area (Å²) in [7, 11) is 0. The molecule has 0 atom stereocenters. The number of aromatic amines is 1. The van der Waals surface area contributed by atoms with Gasteiger partial charge in [0.05, 0.1) is 5.56 Å². The molecule has 1 aromatic heterocycles. The number of nitrogens with one attached hydrogen (secondary N) is 1. The van der Waals surface area contributed by atoms with Gasteiger partial charge in [-0.25, -0.2) is 0 Å². The highest BCUT2D eigenvalue weighted by Gasteiger charge is 2.41. The molecule has 1 aliphatic carbocycles. The number of fused-ring (bicyclic) bond motifs is 4. The fourth-order valence-corrected chi connectivity index (χ4v) is 5.51. The zero-order chi connectivity index (χ0) is 23.7. The summed E-state index contributed by atoms with van der Waals surface area (Å²) in [6.45, 7) is 14.0. The van der Waals surface area contributed by atoms with Crippen molar-refractivity contribution in [2.24, 2.45) is 0 Å². The van der Waals surface area contributed by atoms with Crippen molar-refractivity contribution in [3.8, 4) is 0 Å². The molecule has 3 aromatic rings. The van der Waals surface area contributed by atoms with Gasteiger partial charge in [-0.3, -0.25) is 14.5 Å². The van der Waals surface area contributed by atoms with Gasteiger partial charge in [0.2, 0.25) is 0 Å². The second-order valence-corrected chi connectivity index (χ2v) is 10.2. The molecule has 0 saturated carbocycles. The van der Waals surface area contributed by atoms with Gasteiger partial charge >= 0.3 is 0 Å². The number of carbonyl (C=O) groups excluding carboxylic acids is 2. The number of piperazine rings is 1. The molecule has 1 saturated heterocycles. The van der Waals surface area contributed by atoms with Crippen LogP contribution in [0, 0.1) is 0 Å². The SMILES string of the molecule is CC(=O)c1cc2c(cc1N1CCN(C(C)C)CC1)C(C)(C)c1[nH]c3cc(N)ccc3c1C2=O. The fourth-order valence-electron chi connectivity index (χ4n) is 5.51. The molecule has 2 heterocycles. The topological polar surface area (TPSA) is 82.4 Å². The van der Waals surface area contributed by atoms with Crippen LogP contribution in [0.5, 0.6) is 0 Å². The minimum absolute atomic E-state index is 0.0119. The first kappa shape index (κ1) is 21.7. The number of ketones is 2. The summed E-state index contributed by atoms with van der Waals surface area (Å²) in [5.74, 6) is -0.0452. The van der Waals surface area contributed by atoms with E-state index in [4.69, 9.17) is 5.73 Å². The molecule has 33 heavy (non-hydrogen) atoms. The van der Waals surface area contributed by atoms with E-state index in [9.17, 15) is 9.59 Å². The van der Waals surface area contributed by atoms with Crippen LogP contribution < -0.4 is 10.6 Å². The number of rotatable bonds is 3. The van der Waals surface area contributed by atoms with E-state index in [0.717, 1.165) is 54.0 Å². The van der Waals surface area contributed by atoms with Crippen molar-refractivity contribution in [2.75, 3.05) is 36.8 Å². The van der Waals surface area contributed by atoms with Gasteiger partial charge in [-0.15, -0.1) is 0 Å². The zero-order valence-corrected chi connectivity index (χ0v) is 20.1. The third-order valence-electron chi connectivity index (χ3n) is 7.49. The molecular formula is C27H32N4O2. The minimum Gasteiger partial charge on any atom is -0.399 e. The van der Waals surface area contributed by atoms with Crippen LogP contribution in [-0.2, 0) is 5.41 Å². The monoisotopic (exact) mass is 444 g/mol. The first-order chi connectivity index (χ1) is 15.6. The van der Waals surface area contributed by atoms with E-state index in [-0.39, 0.29) is 11.6 Å². The molecule has 2 aliphatic rings. The normalized spacial score (nSPS) is 18.0. The quantitative estimate of drug-likeness (QED) is 0.464. The van der Waals surface area contributed by atoms with Gasteiger partial charge in [0.25, 0.3) is 0 Å². The maximum atomic E-state index is 13.8. The standard InChI is InChI=1S/C27H32N4O2/c1-15(2)30-8-10-31(11-9-30)23-14-21-20(13-19(23)16(3)32)25(33)24-18-7-6-17(28)12-22(18)29-26(24)27(21,4)5/h6-7,12-15,29H,8-11,28H2,1-5H3. The Kier molecular flexibility index (Phi) is 4.90. The van der Waals surface area contributed by atoms with Crippen LogP contribution >= 0.6 is 0 Å². The Morgan fingerprint density at radius 1 is 1.09 bits per heavy atom. The highest BCUT2D eigenvalue weighted by atomic mass is 16.1. The molecule has 5 rings (SSSR count). The van der Waals surface area contributed by atoms with Crippen molar-refractivity contribution in [3.05, 3.63) is 58.3 Å². The van der Waals surface area contributed by atoms with Crippen molar-refractivity contribution in [1.82, 2.24) is 9.88 Å². The first-order valence-electron chi connectivity index (χ1n) is 11.7. The van der Waals surface area contributed by atoms with Crippen LogP contribution in [0.4, 0.5) is 11.4 Å². The number of H-pyrrole nitrogens is 1. The summed E-state index contributed by atoms with van der Waals surface area (Å²) in [4.78, 5) is 34.7. The van der Waals surface area contributed by atoms with Crippen molar-refractivity contribution in [3.63, 3.8) is 0 Å². The predicted octanol–water partition coefficient (Wildman–Crippen LogP) is 4.35. The second kappa shape index (κ2) is 7.45. The van der Waals surface area contributed by atoms with E-state index >= 15 is 0 Å². The highest BCUT2D eigenvalue weighted by molar-refractivity contribution is 6.21. The predicted molar refractivity (Wildman–Crippen MR) is 134 cm³/mol. The molecule has 6 heteroatoms. The Morgan fingerprint density at radius 2 is 1.79 bits per heavy atom. The van der Waals surface area contributed by atoms with E-state index in [2.05, 4.69) is 48.5 Å². The summed E-state index contributed by atoms with van der Waals surface area (Å²) in [6, 6.07) is 10.1. The Hall–Kier alpha value is -3.12. The average molecular weight is 445 g/mol. The Bertz CT molecular complexity index is 1290. The van der Waals surface area contributed by atoms with Crippen LogP contribution in [0.25, 0.3) is 10.9 Å². The number of hydrogen-bond acceptors (Lipinski definition) is 5. The summed E-state index contributed by atoms with van der Waals surface area (Å²) >= 11 is 0. The lowest BCUT2D eigenvalue weighted by Gasteiger charge is -2.40. The van der Waals surface area contributed by atoms with Crippen LogP contribution in [0.1, 0.15) is 72.2 Å². The summed E-state index contributed by atoms with van der Waals surface area (Å²) < 4.78 is 0. The van der Waals surface area contributed by atoms with Crippen molar-refractivity contribution < 1.29 is 9.59 Å². The average Bonchev–Trinajstić information content (AvgIpc) is 3.16. The van der Waals surface area contributed by atoms with E-state index in [1.807, 2.05) is 24.3 Å². The lowest BCUT2D eigenvalue weighted by atomic mass is 9.70. The number of benzene rings is 2. The number of carbonyl (C=O) groups is 2. The number of anilines is 2. The second-order valence-electron chi connectivity index (χ2n) is 10.2. The molecule has 1 aliphatic heterocycles. The summed E-state index contributed by atoms with van der Waals surface area (Å²) in [6.07, 6.45) is 0. The number of nitrogen functional groups attached to an aromatic ring is 1. The van der Waals surface area contributed by atoms with Gasteiger partial charge in [0, 0.05) is 76.7 Å². The van der Waals surface area contributed by atoms with Crippen LogP contribution in [0.15, 0.2) is 30.3 Å². The molecule has 172 valence electrons. The van der Waals surface area contributed by atoms with Crippen molar-refractivity contribution in [2.45, 2.75) is 46.1 Å². The lowest BCUT2D eigenvalue weighted by molar-refractivity contribution is 0.101. The highest BCUT2D eigenvalue weighted by Crippen LogP contribution is 2.46. The maximum Gasteiger partial charge on any atom is 0.195 e. The molecule has 0 unspecified atom stereocenters. The van der Waals surface area contributed by atoms with Crippen LogP contribution in [-0.4, -0.2) is 53.7 Å². The van der Waals surface area contributed by atoms with E-state index < -0.39 is 5.41 Å². The fraction of sp³-hybridized carbons (Fsp3) is 0.407. The van der Waals surface area contributed by atoms with Gasteiger partial charge in [0.1, 0.15) is 0 Å². The van der Waals surface area contributed by atoms with Crippen molar-refractivity contribution in [1.29, 1.82) is 0 Å². The number of nitrogens with zero attached hydrogens (tertiary/aromatic N) is 2. The number of Topliss-reactive ketones (excluding diaryl/α,β-unsaturated/α-hetero) is 1. The van der Waals surface area contributed by atoms with Gasteiger partial charge in [-0.05, 0) is 50.6 Å². The van der Waals surface area contributed by atoms with Gasteiger partial charge in [-0.2, -0.15) is 0 Å². The molecule has 0 spiro atoms. The third-order valence-corrected chi connectivity index (χ3v) is 7.49. The van der Waals surface area contributed by atoms with Crippen molar-refractivity contribution >= 4 is 33.8 Å². The number of nitrogens with two attached hydrogens (primary N) is 1. The Morgan fingerprint density at radius 3 is 2.42 bits per heavy atom. The zero-order valence-electron chi connectivity index (χ0n) is 20.1. The van der Waals surface area contributed by atoms with Gasteiger partial charge in [-0.1, -0.05) is 19.9 Å². The van der Waals surface area contributed by atoms with E-state index in [1.54, 1.807) is 6.92 Å². The number of hydrogen-bond donors (Lipinski definition) is 2. The van der Waals surface area contributed by atoms with E-state index in [1.165, 1.54) is 0 Å². The summed E-state index contributed by atoms with van der Waals surface area (Å²) in [5, 5.41) is 0.876. The molecule has 0 radical (unpaired) electrons. The smallest absolute Gasteiger partial charge is 0.195 e. The Balaban J connectivity index is 1.66. The molecule has 3 N–H and O–H groups in total. The maximum absolute atomic E-state index is 13.8. The first-order valence-corrected chi connectivity index (χ1v) is 11.7. The third kappa shape index (κ3) is 3.27. The lowest BCUT2D eigenvalue weighted by Crippen LogP contribution is -2.49. The van der Waals surface area contributed by atoms with Gasteiger partial charge in [0.15, 0.2) is 11.6 Å². The molecule has 0 bridgehead atoms. The number of aromatic nitrogens is 1. The molecule has 1 fully saturated rings. The molecule has 2 aromatic carbocycles. The molecule has 6 nitrogen and oxygen atoms in total.